The first-order chi connectivity index (χ1) is 14.8. The van der Waals surface area contributed by atoms with Crippen LogP contribution in [0.15, 0.2) is 69.9 Å². The highest BCUT2D eigenvalue weighted by Crippen LogP contribution is 2.28. The van der Waals surface area contributed by atoms with Gasteiger partial charge in [-0.1, -0.05) is 39.7 Å². The molecule has 0 atom stereocenters. The van der Waals surface area contributed by atoms with Crippen LogP contribution in [0.3, 0.4) is 0 Å². The second-order valence-electron chi connectivity index (χ2n) is 6.56. The third kappa shape index (κ3) is 4.08. The largest absolute Gasteiger partial charge is 0.507 e. The van der Waals surface area contributed by atoms with E-state index >= 15 is 0 Å². The summed E-state index contributed by atoms with van der Waals surface area (Å²) in [5.74, 6) is 0.307. The summed E-state index contributed by atoms with van der Waals surface area (Å²) < 4.78 is 2.06. The fraction of sp³-hybridized carbons (Fsp3) is 0. The molecule has 0 amide bonds. The topological polar surface area (TPSA) is 98.3 Å². The maximum atomic E-state index is 13.3. The van der Waals surface area contributed by atoms with Gasteiger partial charge in [0.25, 0.3) is 11.2 Å². The van der Waals surface area contributed by atoms with Gasteiger partial charge < -0.3 is 5.11 Å². The molecule has 3 aromatic carbocycles. The maximum Gasteiger partial charge on any atom is 0.271 e. The SMILES string of the molecule is O=c1c2ccccc2nc(C=Cc2cc(Br)ccc2O)n1-c1ccc([N+](=O)[O-])cc1Cl. The van der Waals surface area contributed by atoms with E-state index in [0.29, 0.717) is 16.5 Å². The van der Waals surface area contributed by atoms with Gasteiger partial charge in [0.1, 0.15) is 11.6 Å². The van der Waals surface area contributed by atoms with Gasteiger partial charge >= 0.3 is 0 Å². The molecule has 0 saturated heterocycles. The Morgan fingerprint density at radius 3 is 2.61 bits per heavy atom. The van der Waals surface area contributed by atoms with Crippen LogP contribution in [0.5, 0.6) is 5.75 Å². The van der Waals surface area contributed by atoms with E-state index in [-0.39, 0.29) is 33.5 Å². The average Bonchev–Trinajstić information content (AvgIpc) is 2.75. The number of halogens is 2. The van der Waals surface area contributed by atoms with E-state index < -0.39 is 4.92 Å². The zero-order valence-electron chi connectivity index (χ0n) is 15.7. The monoisotopic (exact) mass is 497 g/mol. The van der Waals surface area contributed by atoms with Crippen molar-refractivity contribution in [1.82, 2.24) is 9.55 Å². The van der Waals surface area contributed by atoms with Crippen LogP contribution in [-0.4, -0.2) is 19.6 Å². The predicted molar refractivity (Wildman–Crippen MR) is 124 cm³/mol. The number of aromatic nitrogens is 2. The van der Waals surface area contributed by atoms with Crippen LogP contribution in [-0.2, 0) is 0 Å². The number of hydrogen-bond donors (Lipinski definition) is 1. The molecule has 0 bridgehead atoms. The number of non-ortho nitro benzene ring substituents is 1. The highest BCUT2D eigenvalue weighted by Gasteiger charge is 2.16. The molecule has 7 nitrogen and oxygen atoms in total. The quantitative estimate of drug-likeness (QED) is 0.292. The molecule has 0 spiro atoms. The molecule has 0 aliphatic heterocycles. The van der Waals surface area contributed by atoms with Crippen LogP contribution >= 0.6 is 27.5 Å². The minimum Gasteiger partial charge on any atom is -0.507 e. The van der Waals surface area contributed by atoms with Crippen molar-refractivity contribution in [3.63, 3.8) is 0 Å². The Kier molecular flexibility index (Phi) is 5.58. The van der Waals surface area contributed by atoms with Crippen LogP contribution in [0.1, 0.15) is 11.4 Å². The zero-order valence-corrected chi connectivity index (χ0v) is 18.0. The first-order valence-corrected chi connectivity index (χ1v) is 10.1. The Morgan fingerprint density at radius 1 is 1.10 bits per heavy atom. The summed E-state index contributed by atoms with van der Waals surface area (Å²) in [4.78, 5) is 28.4. The van der Waals surface area contributed by atoms with Crippen molar-refractivity contribution in [2.24, 2.45) is 0 Å². The molecule has 1 heterocycles. The van der Waals surface area contributed by atoms with Crippen LogP contribution in [0.25, 0.3) is 28.7 Å². The first kappa shape index (κ1) is 20.8. The molecule has 0 aliphatic rings. The summed E-state index contributed by atoms with van der Waals surface area (Å²) in [7, 11) is 0. The number of hydrogen-bond acceptors (Lipinski definition) is 5. The van der Waals surface area contributed by atoms with Gasteiger partial charge in [-0.25, -0.2) is 4.98 Å². The number of nitrogens with zero attached hydrogens (tertiary/aromatic N) is 3. The van der Waals surface area contributed by atoms with Crippen molar-refractivity contribution < 1.29 is 10.0 Å². The molecular formula is C22H13BrClN3O4. The standard InChI is InChI=1S/C22H13BrClN3O4/c23-14-6-9-20(28)13(11-14)5-10-21-25-18-4-2-1-3-16(18)22(29)26(21)19-8-7-15(27(30)31)12-17(19)24/h1-12,28H. The van der Waals surface area contributed by atoms with Crippen molar-refractivity contribution in [1.29, 1.82) is 0 Å². The molecule has 4 aromatic rings. The van der Waals surface area contributed by atoms with Crippen LogP contribution in [0, 0.1) is 10.1 Å². The lowest BCUT2D eigenvalue weighted by Gasteiger charge is -2.13. The molecular weight excluding hydrogens is 486 g/mol. The van der Waals surface area contributed by atoms with E-state index in [9.17, 15) is 20.0 Å². The number of phenolic OH excluding ortho intramolecular Hbond substituents is 1. The van der Waals surface area contributed by atoms with Crippen LogP contribution in [0.4, 0.5) is 5.69 Å². The number of benzene rings is 3. The van der Waals surface area contributed by atoms with Gasteiger partial charge in [0, 0.05) is 22.2 Å². The van der Waals surface area contributed by atoms with Gasteiger partial charge in [0.05, 0.1) is 26.5 Å². The van der Waals surface area contributed by atoms with E-state index in [1.165, 1.54) is 28.8 Å². The normalized spacial score (nSPS) is 11.3. The fourth-order valence-corrected chi connectivity index (χ4v) is 3.75. The van der Waals surface area contributed by atoms with E-state index in [0.717, 1.165) is 4.47 Å². The Bertz CT molecular complexity index is 1430. The third-order valence-corrected chi connectivity index (χ3v) is 5.38. The predicted octanol–water partition coefficient (Wildman–Crippen LogP) is 5.59. The van der Waals surface area contributed by atoms with E-state index in [4.69, 9.17) is 11.6 Å². The van der Waals surface area contributed by atoms with Gasteiger partial charge in [-0.3, -0.25) is 19.5 Å². The molecule has 0 unspecified atom stereocenters. The van der Waals surface area contributed by atoms with Gasteiger partial charge in [-0.05, 0) is 48.6 Å². The molecule has 1 aromatic heterocycles. The summed E-state index contributed by atoms with van der Waals surface area (Å²) in [6, 6.07) is 15.7. The van der Waals surface area contributed by atoms with Crippen LogP contribution in [0.2, 0.25) is 5.02 Å². The van der Waals surface area contributed by atoms with Gasteiger partial charge in [-0.2, -0.15) is 0 Å². The molecule has 154 valence electrons. The number of phenols is 1. The zero-order chi connectivity index (χ0) is 22.1. The average molecular weight is 499 g/mol. The van der Waals surface area contributed by atoms with E-state index in [1.54, 1.807) is 48.6 Å². The first-order valence-electron chi connectivity index (χ1n) is 8.98. The van der Waals surface area contributed by atoms with Crippen LogP contribution < -0.4 is 5.56 Å². The second-order valence-corrected chi connectivity index (χ2v) is 7.88. The van der Waals surface area contributed by atoms with Gasteiger partial charge in [0.15, 0.2) is 0 Å². The maximum absolute atomic E-state index is 13.3. The lowest BCUT2D eigenvalue weighted by molar-refractivity contribution is -0.384. The molecule has 0 aliphatic carbocycles. The number of para-hydroxylation sites is 1. The highest BCUT2D eigenvalue weighted by molar-refractivity contribution is 9.10. The number of aromatic hydroxyl groups is 1. The van der Waals surface area contributed by atoms with Crippen molar-refractivity contribution in [2.45, 2.75) is 0 Å². The summed E-state index contributed by atoms with van der Waals surface area (Å²) in [6.45, 7) is 0. The summed E-state index contributed by atoms with van der Waals surface area (Å²) in [5.41, 5.74) is 0.692. The van der Waals surface area contributed by atoms with Crippen molar-refractivity contribution in [2.75, 3.05) is 0 Å². The lowest BCUT2D eigenvalue weighted by atomic mass is 10.1. The summed E-state index contributed by atoms with van der Waals surface area (Å²) >= 11 is 9.66. The smallest absolute Gasteiger partial charge is 0.271 e. The van der Waals surface area contributed by atoms with Crippen molar-refractivity contribution in [3.8, 4) is 11.4 Å². The molecule has 4 rings (SSSR count). The minimum absolute atomic E-state index is 0.0355. The molecule has 0 fully saturated rings. The minimum atomic E-state index is -0.562. The lowest BCUT2D eigenvalue weighted by Crippen LogP contribution is -2.22. The molecule has 31 heavy (non-hydrogen) atoms. The third-order valence-electron chi connectivity index (χ3n) is 4.59. The molecule has 9 heteroatoms. The Labute approximate surface area is 189 Å². The van der Waals surface area contributed by atoms with Crippen molar-refractivity contribution >= 4 is 56.3 Å². The van der Waals surface area contributed by atoms with E-state index in [1.807, 2.05) is 0 Å². The number of fused-ring (bicyclic) bond motifs is 1. The van der Waals surface area contributed by atoms with Gasteiger partial charge in [-0.15, -0.1) is 0 Å². The number of rotatable bonds is 4. The number of nitro benzene ring substituents is 1. The highest BCUT2D eigenvalue weighted by atomic mass is 79.9. The molecule has 1 N–H and O–H groups in total. The molecule has 0 radical (unpaired) electrons. The molecule has 0 saturated carbocycles. The van der Waals surface area contributed by atoms with Gasteiger partial charge in [0.2, 0.25) is 0 Å². The Morgan fingerprint density at radius 2 is 1.87 bits per heavy atom. The summed E-state index contributed by atoms with van der Waals surface area (Å²) in [5, 5.41) is 21.6. The Hall–Kier alpha value is -3.49. The van der Waals surface area contributed by atoms with Crippen molar-refractivity contribution in [3.05, 3.63) is 102 Å². The fourth-order valence-electron chi connectivity index (χ4n) is 3.11. The van der Waals surface area contributed by atoms with E-state index in [2.05, 4.69) is 20.9 Å². The second kappa shape index (κ2) is 8.33. The number of nitro groups is 1. The Balaban J connectivity index is 1.97. The summed E-state index contributed by atoms with van der Waals surface area (Å²) in [6.07, 6.45) is 3.19.